The van der Waals surface area contributed by atoms with E-state index in [1.165, 1.54) is 4.90 Å². The van der Waals surface area contributed by atoms with Gasteiger partial charge in [-0.15, -0.1) is 0 Å². The molecule has 2 aliphatic heterocycles. The summed E-state index contributed by atoms with van der Waals surface area (Å²) in [7, 11) is -3.25. The number of hydrogen-bond donors (Lipinski definition) is 1. The van der Waals surface area contributed by atoms with Gasteiger partial charge in [0.2, 0.25) is 5.91 Å². The van der Waals surface area contributed by atoms with E-state index in [0.717, 1.165) is 11.1 Å². The van der Waals surface area contributed by atoms with Gasteiger partial charge in [0.05, 0.1) is 23.6 Å². The van der Waals surface area contributed by atoms with Crippen molar-refractivity contribution in [1.29, 1.82) is 0 Å². The van der Waals surface area contributed by atoms with Crippen LogP contribution in [-0.4, -0.2) is 61.4 Å². The van der Waals surface area contributed by atoms with Crippen molar-refractivity contribution in [2.75, 3.05) is 23.0 Å². The van der Waals surface area contributed by atoms with E-state index in [1.54, 1.807) is 4.90 Å². The van der Waals surface area contributed by atoms with Crippen molar-refractivity contribution >= 4 is 27.5 Å². The van der Waals surface area contributed by atoms with Gasteiger partial charge in [0.15, 0.2) is 9.84 Å². The van der Waals surface area contributed by atoms with E-state index in [0.29, 0.717) is 5.69 Å². The van der Waals surface area contributed by atoms with E-state index in [9.17, 15) is 18.0 Å². The first-order chi connectivity index (χ1) is 12.1. The lowest BCUT2D eigenvalue weighted by Gasteiger charge is -2.23. The van der Waals surface area contributed by atoms with Crippen molar-refractivity contribution in [2.24, 2.45) is 0 Å². The second-order valence-corrected chi connectivity index (χ2v) is 9.71. The number of nitrogens with zero attached hydrogens (tertiary/aromatic N) is 2. The summed E-state index contributed by atoms with van der Waals surface area (Å²) in [4.78, 5) is 28.2. The third-order valence-corrected chi connectivity index (χ3v) is 6.42. The maximum atomic E-state index is 13.1. The number of amides is 3. The monoisotopic (exact) mass is 379 g/mol. The first-order valence-corrected chi connectivity index (χ1v) is 10.6. The van der Waals surface area contributed by atoms with Gasteiger partial charge in [-0.25, -0.2) is 13.2 Å². The number of urea groups is 1. The highest BCUT2D eigenvalue weighted by Gasteiger charge is 2.54. The summed E-state index contributed by atoms with van der Waals surface area (Å²) < 4.78 is 24.4. The number of rotatable bonds is 4. The molecule has 1 aromatic carbocycles. The lowest BCUT2D eigenvalue weighted by Crippen LogP contribution is -2.45. The molecule has 0 aliphatic carbocycles. The Labute approximate surface area is 154 Å². The van der Waals surface area contributed by atoms with Gasteiger partial charge in [-0.2, -0.15) is 0 Å². The standard InChI is InChI=1S/C18H25N3O4S/c1-11(2)19-17(22)8-20-15-9-26(24,25)10-16(15)21(18(20)23)14-6-12(3)5-13(4)7-14/h5-7,11,15-16H,8-10H2,1-4H3,(H,19,22)/t15-,16+/m1/s1. The molecule has 1 aromatic rings. The average Bonchev–Trinajstić information content (AvgIpc) is 2.89. The minimum Gasteiger partial charge on any atom is -0.352 e. The fourth-order valence-corrected chi connectivity index (χ4v) is 5.83. The summed E-state index contributed by atoms with van der Waals surface area (Å²) in [5.41, 5.74) is 2.69. The summed E-state index contributed by atoms with van der Waals surface area (Å²) in [5, 5.41) is 2.76. The predicted octanol–water partition coefficient (Wildman–Crippen LogP) is 1.24. The smallest absolute Gasteiger partial charge is 0.325 e. The number of aryl methyl sites for hydroxylation is 2. The van der Waals surface area contributed by atoms with Crippen LogP contribution in [0.3, 0.4) is 0 Å². The van der Waals surface area contributed by atoms with Gasteiger partial charge in [0.25, 0.3) is 0 Å². The number of carbonyl (C=O) groups excluding carboxylic acids is 2. The van der Waals surface area contributed by atoms with E-state index in [-0.39, 0.29) is 36.0 Å². The molecule has 2 atom stereocenters. The van der Waals surface area contributed by atoms with Gasteiger partial charge < -0.3 is 10.2 Å². The summed E-state index contributed by atoms with van der Waals surface area (Å²) in [6.07, 6.45) is 0. The van der Waals surface area contributed by atoms with E-state index in [2.05, 4.69) is 5.32 Å². The van der Waals surface area contributed by atoms with E-state index >= 15 is 0 Å². The van der Waals surface area contributed by atoms with Crippen LogP contribution in [-0.2, 0) is 14.6 Å². The molecule has 2 fully saturated rings. The molecule has 0 aromatic heterocycles. The predicted molar refractivity (Wildman–Crippen MR) is 100 cm³/mol. The number of benzene rings is 1. The molecule has 2 aliphatic rings. The second kappa shape index (κ2) is 6.57. The average molecular weight is 379 g/mol. The third-order valence-electron chi connectivity index (χ3n) is 4.73. The Balaban J connectivity index is 1.95. The van der Waals surface area contributed by atoms with Crippen molar-refractivity contribution in [2.45, 2.75) is 45.8 Å². The molecule has 0 saturated carbocycles. The Bertz CT molecular complexity index is 830. The highest BCUT2D eigenvalue weighted by molar-refractivity contribution is 7.91. The van der Waals surface area contributed by atoms with Crippen LogP contribution in [0.2, 0.25) is 0 Å². The van der Waals surface area contributed by atoms with Crippen molar-refractivity contribution < 1.29 is 18.0 Å². The summed E-state index contributed by atoms with van der Waals surface area (Å²) in [6, 6.07) is 4.46. The van der Waals surface area contributed by atoms with Crippen LogP contribution in [0.25, 0.3) is 0 Å². The first kappa shape index (κ1) is 18.7. The number of fused-ring (bicyclic) bond motifs is 1. The first-order valence-electron chi connectivity index (χ1n) is 8.75. The molecular formula is C18H25N3O4S. The fourth-order valence-electron chi connectivity index (χ4n) is 3.88. The molecule has 0 bridgehead atoms. The van der Waals surface area contributed by atoms with Crippen molar-refractivity contribution in [1.82, 2.24) is 10.2 Å². The summed E-state index contributed by atoms with van der Waals surface area (Å²) in [5.74, 6) is -0.447. The normalized spacial score (nSPS) is 24.3. The zero-order valence-electron chi connectivity index (χ0n) is 15.5. The molecule has 0 radical (unpaired) electrons. The van der Waals surface area contributed by atoms with Gasteiger partial charge in [0, 0.05) is 11.7 Å². The maximum Gasteiger partial charge on any atom is 0.325 e. The van der Waals surface area contributed by atoms with Gasteiger partial charge in [-0.1, -0.05) is 6.07 Å². The van der Waals surface area contributed by atoms with Crippen LogP contribution in [0.5, 0.6) is 0 Å². The number of nitrogens with one attached hydrogen (secondary N) is 1. The Hall–Kier alpha value is -2.09. The minimum absolute atomic E-state index is 0.0427. The minimum atomic E-state index is -3.25. The molecule has 3 rings (SSSR count). The van der Waals surface area contributed by atoms with Gasteiger partial charge in [-0.05, 0) is 51.0 Å². The lowest BCUT2D eigenvalue weighted by molar-refractivity contribution is -0.122. The Morgan fingerprint density at radius 3 is 2.31 bits per heavy atom. The maximum absolute atomic E-state index is 13.1. The van der Waals surface area contributed by atoms with Crippen molar-refractivity contribution in [3.63, 3.8) is 0 Å². The van der Waals surface area contributed by atoms with Crippen LogP contribution < -0.4 is 10.2 Å². The summed E-state index contributed by atoms with van der Waals surface area (Å²) >= 11 is 0. The van der Waals surface area contributed by atoms with E-state index in [1.807, 2.05) is 45.9 Å². The largest absolute Gasteiger partial charge is 0.352 e. The Kier molecular flexibility index (Phi) is 4.72. The van der Waals surface area contributed by atoms with Crippen molar-refractivity contribution in [3.05, 3.63) is 29.3 Å². The second-order valence-electron chi connectivity index (χ2n) is 7.56. The molecule has 7 nitrogen and oxygen atoms in total. The van der Waals surface area contributed by atoms with Gasteiger partial charge in [-0.3, -0.25) is 9.69 Å². The SMILES string of the molecule is Cc1cc(C)cc(N2C(=O)N(CC(=O)NC(C)C)[C@@H]3CS(=O)(=O)C[C@@H]32)c1. The zero-order valence-corrected chi connectivity index (χ0v) is 16.3. The molecule has 3 amide bonds. The van der Waals surface area contributed by atoms with Crippen LogP contribution >= 0.6 is 0 Å². The van der Waals surface area contributed by atoms with Gasteiger partial charge >= 0.3 is 6.03 Å². The Morgan fingerprint density at radius 1 is 1.15 bits per heavy atom. The number of anilines is 1. The quantitative estimate of drug-likeness (QED) is 0.798. The number of sulfone groups is 1. The molecule has 2 saturated heterocycles. The summed E-state index contributed by atoms with van der Waals surface area (Å²) in [6.45, 7) is 7.43. The van der Waals surface area contributed by atoms with Crippen LogP contribution in [0.1, 0.15) is 25.0 Å². The van der Waals surface area contributed by atoms with Crippen LogP contribution in [0.4, 0.5) is 10.5 Å². The topological polar surface area (TPSA) is 86.8 Å². The highest BCUT2D eigenvalue weighted by atomic mass is 32.2. The molecule has 142 valence electrons. The van der Waals surface area contributed by atoms with E-state index in [4.69, 9.17) is 0 Å². The molecule has 0 spiro atoms. The van der Waals surface area contributed by atoms with Crippen molar-refractivity contribution in [3.8, 4) is 0 Å². The van der Waals surface area contributed by atoms with Crippen LogP contribution in [0, 0.1) is 13.8 Å². The molecule has 0 unspecified atom stereocenters. The number of carbonyl (C=O) groups is 2. The fraction of sp³-hybridized carbons (Fsp3) is 0.556. The molecule has 1 N–H and O–H groups in total. The molecule has 8 heteroatoms. The lowest BCUT2D eigenvalue weighted by atomic mass is 10.1. The zero-order chi connectivity index (χ0) is 19.2. The molecular weight excluding hydrogens is 354 g/mol. The van der Waals surface area contributed by atoms with Crippen LogP contribution in [0.15, 0.2) is 18.2 Å². The third kappa shape index (κ3) is 3.56. The van der Waals surface area contributed by atoms with E-state index < -0.39 is 21.9 Å². The highest BCUT2D eigenvalue weighted by Crippen LogP contribution is 2.35. The number of hydrogen-bond acceptors (Lipinski definition) is 4. The molecule has 26 heavy (non-hydrogen) atoms. The van der Waals surface area contributed by atoms with Gasteiger partial charge in [0.1, 0.15) is 6.54 Å². The Morgan fingerprint density at radius 2 is 1.73 bits per heavy atom. The molecule has 2 heterocycles.